The fourth-order valence-electron chi connectivity index (χ4n) is 10.9. The molecule has 0 spiro atoms. The van der Waals surface area contributed by atoms with E-state index in [1.807, 2.05) is 0 Å². The highest BCUT2D eigenvalue weighted by Crippen LogP contribution is 2.69. The Balaban J connectivity index is 1.30. The number of hydrogen-bond acceptors (Lipinski definition) is 2. The van der Waals surface area contributed by atoms with Gasteiger partial charge in [0.15, 0.2) is 0 Å². The molecule has 0 radical (unpaired) electrons. The van der Waals surface area contributed by atoms with Gasteiger partial charge in [-0.1, -0.05) is 78.1 Å². The lowest BCUT2D eigenvalue weighted by Gasteiger charge is -2.63. The summed E-state index contributed by atoms with van der Waals surface area (Å²) >= 11 is 0. The van der Waals surface area contributed by atoms with Gasteiger partial charge in [0.05, 0.1) is 12.7 Å². The number of rotatable bonds is 8. The number of aliphatic hydroxyl groups is 2. The van der Waals surface area contributed by atoms with Gasteiger partial charge in [0.1, 0.15) is 0 Å². The minimum atomic E-state index is -0.163. The summed E-state index contributed by atoms with van der Waals surface area (Å²) in [5.41, 5.74) is 3.26. The molecule has 0 bridgehead atoms. The molecule has 0 aromatic heterocycles. The maximum atomic E-state index is 11.2. The molecule has 2 nitrogen and oxygen atoms in total. The highest BCUT2D eigenvalue weighted by molar-refractivity contribution is 5.23. The molecular weight excluding hydrogens is 452 g/mol. The molecule has 1 aromatic carbocycles. The molecule has 37 heavy (non-hydrogen) atoms. The van der Waals surface area contributed by atoms with Crippen LogP contribution < -0.4 is 0 Å². The SMILES string of the molecule is CC(C)CCC[C@@H](C)[C@H]1CC[C@H]2[C@@H]3CC[C@H]4[C@H](Cc5ccc(CO)cc5)[C@H](O)CC[C@]4(C)[C@H]3CC[C@]12C. The summed E-state index contributed by atoms with van der Waals surface area (Å²) in [7, 11) is 0. The minimum Gasteiger partial charge on any atom is -0.393 e. The molecule has 208 valence electrons. The molecule has 2 N–H and O–H groups in total. The van der Waals surface area contributed by atoms with Crippen LogP contribution in [0.3, 0.4) is 0 Å². The molecule has 0 saturated heterocycles. The summed E-state index contributed by atoms with van der Waals surface area (Å²) in [5, 5.41) is 20.7. The van der Waals surface area contributed by atoms with Crippen LogP contribution in [0.15, 0.2) is 24.3 Å². The third-order valence-corrected chi connectivity index (χ3v) is 12.8. The van der Waals surface area contributed by atoms with Gasteiger partial charge in [0.2, 0.25) is 0 Å². The zero-order valence-corrected chi connectivity index (χ0v) is 24.6. The Hall–Kier alpha value is -0.860. The van der Waals surface area contributed by atoms with Crippen LogP contribution in [-0.2, 0) is 13.0 Å². The van der Waals surface area contributed by atoms with E-state index in [0.29, 0.717) is 22.7 Å². The quantitative estimate of drug-likeness (QED) is 0.370. The van der Waals surface area contributed by atoms with Crippen LogP contribution in [0.5, 0.6) is 0 Å². The van der Waals surface area contributed by atoms with Gasteiger partial charge in [0.25, 0.3) is 0 Å². The van der Waals surface area contributed by atoms with E-state index >= 15 is 0 Å². The predicted molar refractivity (Wildman–Crippen MR) is 154 cm³/mol. The van der Waals surface area contributed by atoms with Crippen LogP contribution in [0.2, 0.25) is 0 Å². The standard InChI is InChI=1S/C35H56O2/c1-23(2)7-6-8-24(3)29-15-16-30-27-13-14-31-28(21-25-9-11-26(22-36)12-10-25)33(37)18-20-35(31,5)32(27)17-19-34(29,30)4/h9-12,23-24,27-33,36-37H,6-8,13-22H2,1-5H3/t24-,27+,28+,29-,30+,31+,32+,33-,34-,35+/m1/s1. The van der Waals surface area contributed by atoms with E-state index in [1.165, 1.54) is 69.8 Å². The molecule has 0 amide bonds. The van der Waals surface area contributed by atoms with E-state index in [4.69, 9.17) is 0 Å². The minimum absolute atomic E-state index is 0.105. The fraction of sp³-hybridized carbons (Fsp3) is 0.829. The third-order valence-electron chi connectivity index (χ3n) is 12.8. The largest absolute Gasteiger partial charge is 0.393 e. The summed E-state index contributed by atoms with van der Waals surface area (Å²) in [5.74, 6) is 6.36. The van der Waals surface area contributed by atoms with Gasteiger partial charge >= 0.3 is 0 Å². The van der Waals surface area contributed by atoms with Crippen LogP contribution in [0.4, 0.5) is 0 Å². The maximum Gasteiger partial charge on any atom is 0.0681 e. The third kappa shape index (κ3) is 5.08. The van der Waals surface area contributed by atoms with Gasteiger partial charge < -0.3 is 10.2 Å². The van der Waals surface area contributed by atoms with Gasteiger partial charge in [-0.25, -0.2) is 0 Å². The normalized spacial score (nSPS) is 42.2. The molecule has 1 aromatic rings. The summed E-state index contributed by atoms with van der Waals surface area (Å²) < 4.78 is 0. The van der Waals surface area contributed by atoms with Gasteiger partial charge in [-0.15, -0.1) is 0 Å². The molecule has 0 unspecified atom stereocenters. The number of benzene rings is 1. The first-order chi connectivity index (χ1) is 17.7. The lowest BCUT2D eigenvalue weighted by atomic mass is 9.42. The second-order valence-corrected chi connectivity index (χ2v) is 15.0. The molecule has 10 atom stereocenters. The molecule has 4 fully saturated rings. The number of aliphatic hydroxyl groups excluding tert-OH is 2. The monoisotopic (exact) mass is 508 g/mol. The van der Waals surface area contributed by atoms with Crippen LogP contribution in [0, 0.1) is 58.2 Å². The summed E-state index contributed by atoms with van der Waals surface area (Å²) in [6.07, 6.45) is 15.8. The van der Waals surface area contributed by atoms with Crippen molar-refractivity contribution in [2.24, 2.45) is 58.2 Å². The van der Waals surface area contributed by atoms with Gasteiger partial charge in [-0.3, -0.25) is 0 Å². The van der Waals surface area contributed by atoms with E-state index in [0.717, 1.165) is 53.9 Å². The van der Waals surface area contributed by atoms with E-state index < -0.39 is 0 Å². The van der Waals surface area contributed by atoms with E-state index in [9.17, 15) is 10.2 Å². The Morgan fingerprint density at radius 1 is 0.784 bits per heavy atom. The Labute approximate surface area is 228 Å². The van der Waals surface area contributed by atoms with Crippen molar-refractivity contribution < 1.29 is 10.2 Å². The highest BCUT2D eigenvalue weighted by atomic mass is 16.3. The van der Waals surface area contributed by atoms with Crippen molar-refractivity contribution in [2.75, 3.05) is 0 Å². The molecule has 4 aliphatic rings. The Bertz CT molecular complexity index is 891. The lowest BCUT2D eigenvalue weighted by Crippen LogP contribution is -2.57. The molecular formula is C35H56O2. The zero-order valence-electron chi connectivity index (χ0n) is 24.6. The lowest BCUT2D eigenvalue weighted by molar-refractivity contribution is -0.152. The van der Waals surface area contributed by atoms with Crippen molar-refractivity contribution in [2.45, 2.75) is 124 Å². The van der Waals surface area contributed by atoms with Gasteiger partial charge in [0, 0.05) is 0 Å². The smallest absolute Gasteiger partial charge is 0.0681 e. The van der Waals surface area contributed by atoms with Crippen LogP contribution >= 0.6 is 0 Å². The molecule has 0 aliphatic heterocycles. The molecule has 5 rings (SSSR count). The maximum absolute atomic E-state index is 11.2. The number of hydrogen-bond donors (Lipinski definition) is 2. The molecule has 0 heterocycles. The topological polar surface area (TPSA) is 40.5 Å². The summed E-state index contributed by atoms with van der Waals surface area (Å²) in [4.78, 5) is 0. The summed E-state index contributed by atoms with van der Waals surface area (Å²) in [6, 6.07) is 8.48. The van der Waals surface area contributed by atoms with Crippen LogP contribution in [0.25, 0.3) is 0 Å². The molecule has 2 heteroatoms. The van der Waals surface area contributed by atoms with E-state index in [1.54, 1.807) is 0 Å². The van der Waals surface area contributed by atoms with Crippen LogP contribution in [-0.4, -0.2) is 16.3 Å². The van der Waals surface area contributed by atoms with Crippen molar-refractivity contribution in [3.8, 4) is 0 Å². The predicted octanol–water partition coefficient (Wildman–Crippen LogP) is 8.43. The first-order valence-electron chi connectivity index (χ1n) is 16.0. The first-order valence-corrected chi connectivity index (χ1v) is 16.0. The fourth-order valence-corrected chi connectivity index (χ4v) is 10.9. The molecule has 4 saturated carbocycles. The van der Waals surface area contributed by atoms with E-state index in [-0.39, 0.29) is 12.7 Å². The second kappa shape index (κ2) is 11.0. The Kier molecular flexibility index (Phi) is 8.20. The van der Waals surface area contributed by atoms with Crippen molar-refractivity contribution in [1.82, 2.24) is 0 Å². The van der Waals surface area contributed by atoms with Crippen LogP contribution in [0.1, 0.15) is 116 Å². The van der Waals surface area contributed by atoms with Crippen molar-refractivity contribution in [3.05, 3.63) is 35.4 Å². The summed E-state index contributed by atoms with van der Waals surface area (Å²) in [6.45, 7) is 12.8. The Morgan fingerprint density at radius 3 is 2.14 bits per heavy atom. The average molecular weight is 509 g/mol. The van der Waals surface area contributed by atoms with Gasteiger partial charge in [-0.2, -0.15) is 0 Å². The zero-order chi connectivity index (χ0) is 26.4. The number of fused-ring (bicyclic) bond motifs is 5. The average Bonchev–Trinajstić information content (AvgIpc) is 3.23. The Morgan fingerprint density at radius 2 is 1.43 bits per heavy atom. The van der Waals surface area contributed by atoms with Gasteiger partial charge in [-0.05, 0) is 127 Å². The highest BCUT2D eigenvalue weighted by Gasteiger charge is 2.61. The van der Waals surface area contributed by atoms with Crippen molar-refractivity contribution >= 4 is 0 Å². The molecule has 4 aliphatic carbocycles. The first kappa shape index (κ1) is 27.7. The van der Waals surface area contributed by atoms with E-state index in [2.05, 4.69) is 58.9 Å². The van der Waals surface area contributed by atoms with Crippen molar-refractivity contribution in [3.63, 3.8) is 0 Å². The van der Waals surface area contributed by atoms with Crippen molar-refractivity contribution in [1.29, 1.82) is 0 Å². The second-order valence-electron chi connectivity index (χ2n) is 15.0.